The molecule has 1 aromatic heterocycles. The van der Waals surface area contributed by atoms with Crippen LogP contribution in [0.15, 0.2) is 47.6 Å². The Hall–Kier alpha value is -2.76. The molecule has 6 heteroatoms. The fourth-order valence-electron chi connectivity index (χ4n) is 5.29. The molecule has 178 valence electrons. The number of pyridine rings is 1. The second-order valence-corrected chi connectivity index (χ2v) is 9.84. The highest BCUT2D eigenvalue weighted by atomic mass is 35.5. The van der Waals surface area contributed by atoms with E-state index >= 15 is 0 Å². The summed E-state index contributed by atoms with van der Waals surface area (Å²) in [7, 11) is 4.30. The van der Waals surface area contributed by atoms with Gasteiger partial charge in [0, 0.05) is 30.4 Å². The predicted octanol–water partition coefficient (Wildman–Crippen LogP) is 5.99. The number of nitrogens with zero attached hydrogens (tertiary/aromatic N) is 3. The Morgan fingerprint density at radius 1 is 1.06 bits per heavy atom. The highest BCUT2D eigenvalue weighted by Gasteiger charge is 2.24. The maximum atomic E-state index is 12.5. The third-order valence-electron chi connectivity index (χ3n) is 7.04. The Kier molecular flexibility index (Phi) is 7.34. The summed E-state index contributed by atoms with van der Waals surface area (Å²) < 4.78 is 0. The van der Waals surface area contributed by atoms with E-state index in [1.54, 1.807) is 13.1 Å². The number of hydrogen-bond donors (Lipinski definition) is 1. The zero-order valence-corrected chi connectivity index (χ0v) is 21.0. The van der Waals surface area contributed by atoms with E-state index in [1.165, 1.54) is 24.0 Å². The molecule has 0 saturated heterocycles. The van der Waals surface area contributed by atoms with Crippen LogP contribution in [-0.4, -0.2) is 48.6 Å². The lowest BCUT2D eigenvalue weighted by atomic mass is 9.85. The molecule has 2 aromatic carbocycles. The van der Waals surface area contributed by atoms with E-state index in [9.17, 15) is 4.79 Å². The lowest BCUT2D eigenvalue weighted by Crippen LogP contribution is -2.31. The molecular formula is C28H33ClN4O. The Bertz CT molecular complexity index is 1230. The molecule has 5 rings (SSSR count). The molecule has 1 saturated carbocycles. The minimum absolute atomic E-state index is 0. The van der Waals surface area contributed by atoms with Gasteiger partial charge in [-0.05, 0) is 93.1 Å². The monoisotopic (exact) mass is 476 g/mol. The predicted molar refractivity (Wildman–Crippen MR) is 144 cm³/mol. The van der Waals surface area contributed by atoms with Crippen molar-refractivity contribution < 1.29 is 4.79 Å². The highest BCUT2D eigenvalue weighted by molar-refractivity contribution is 6.08. The van der Waals surface area contributed by atoms with Crippen molar-refractivity contribution >= 4 is 41.0 Å². The summed E-state index contributed by atoms with van der Waals surface area (Å²) >= 11 is 0. The van der Waals surface area contributed by atoms with E-state index in [-0.39, 0.29) is 18.2 Å². The first-order valence-electron chi connectivity index (χ1n) is 12.0. The van der Waals surface area contributed by atoms with E-state index in [0.29, 0.717) is 11.6 Å². The molecule has 0 bridgehead atoms. The van der Waals surface area contributed by atoms with Crippen molar-refractivity contribution in [2.75, 3.05) is 26.0 Å². The first kappa shape index (κ1) is 24.4. The van der Waals surface area contributed by atoms with Crippen molar-refractivity contribution in [1.29, 1.82) is 0 Å². The van der Waals surface area contributed by atoms with Crippen LogP contribution in [0.5, 0.6) is 0 Å². The Labute approximate surface area is 208 Å². The molecule has 2 aliphatic rings. The van der Waals surface area contributed by atoms with E-state index in [4.69, 9.17) is 0 Å². The normalized spacial score (nSPS) is 19.2. The molecule has 1 fully saturated rings. The van der Waals surface area contributed by atoms with Crippen LogP contribution in [0, 0.1) is 5.92 Å². The van der Waals surface area contributed by atoms with E-state index in [2.05, 4.69) is 70.7 Å². The number of carbonyl (C=O) groups is 1. The summed E-state index contributed by atoms with van der Waals surface area (Å²) in [6.07, 6.45) is 8.38. The number of benzene rings is 2. The average molecular weight is 477 g/mol. The zero-order valence-electron chi connectivity index (χ0n) is 20.2. The molecule has 3 aromatic rings. The third-order valence-corrected chi connectivity index (χ3v) is 7.04. The van der Waals surface area contributed by atoms with Gasteiger partial charge >= 0.3 is 0 Å². The fraction of sp³-hybridized carbons (Fsp3) is 0.393. The summed E-state index contributed by atoms with van der Waals surface area (Å²) in [6.45, 7) is 3.55. The van der Waals surface area contributed by atoms with Crippen molar-refractivity contribution in [2.45, 2.75) is 45.2 Å². The molecule has 2 heterocycles. The van der Waals surface area contributed by atoms with Crippen LogP contribution in [0.2, 0.25) is 0 Å². The molecule has 0 amide bonds. The quantitative estimate of drug-likeness (QED) is 0.444. The summed E-state index contributed by atoms with van der Waals surface area (Å²) in [5.41, 5.74) is 7.28. The Morgan fingerprint density at radius 3 is 2.53 bits per heavy atom. The Morgan fingerprint density at radius 2 is 1.79 bits per heavy atom. The van der Waals surface area contributed by atoms with Crippen LogP contribution in [0.3, 0.4) is 0 Å². The van der Waals surface area contributed by atoms with Crippen LogP contribution >= 0.6 is 12.4 Å². The number of fused-ring (bicyclic) bond motifs is 2. The van der Waals surface area contributed by atoms with Crippen LogP contribution in [0.1, 0.15) is 54.1 Å². The number of ketones is 1. The number of halogens is 1. The number of nitrogens with one attached hydrogen (secondary N) is 1. The van der Waals surface area contributed by atoms with Crippen molar-refractivity contribution in [3.8, 4) is 11.1 Å². The van der Waals surface area contributed by atoms with E-state index < -0.39 is 0 Å². The highest BCUT2D eigenvalue weighted by Crippen LogP contribution is 2.34. The number of carbonyl (C=O) groups excluding carboxylic acids is 1. The van der Waals surface area contributed by atoms with E-state index in [0.717, 1.165) is 59.6 Å². The molecule has 0 radical (unpaired) electrons. The fourth-order valence-corrected chi connectivity index (χ4v) is 5.29. The van der Waals surface area contributed by atoms with Gasteiger partial charge in [0.05, 0.1) is 23.3 Å². The smallest absolute Gasteiger partial charge is 0.163 e. The topological polar surface area (TPSA) is 57.6 Å². The number of hydrogen-bond acceptors (Lipinski definition) is 5. The van der Waals surface area contributed by atoms with Gasteiger partial charge in [0.25, 0.3) is 0 Å². The maximum Gasteiger partial charge on any atom is 0.163 e. The van der Waals surface area contributed by atoms with Crippen molar-refractivity contribution in [3.63, 3.8) is 0 Å². The minimum Gasteiger partial charge on any atom is -0.381 e. The van der Waals surface area contributed by atoms with Gasteiger partial charge in [-0.2, -0.15) is 0 Å². The van der Waals surface area contributed by atoms with Gasteiger partial charge in [0.2, 0.25) is 0 Å². The molecular weight excluding hydrogens is 444 g/mol. The van der Waals surface area contributed by atoms with Crippen LogP contribution in [0.25, 0.3) is 22.0 Å². The molecule has 0 unspecified atom stereocenters. The number of Topliss-reactive ketones (excluding diaryl/α,β-unsaturated/α-hetero) is 1. The van der Waals surface area contributed by atoms with Gasteiger partial charge in [-0.3, -0.25) is 14.8 Å². The Balaban J connectivity index is 0.00000274. The molecule has 1 aliphatic heterocycles. The number of anilines is 1. The SMILES string of the molecule is CC(=O)c1cnc2ccc(-c3ccc4c(c3)C=NC4)cc2c1NC1CCC(CN(C)C)CC1.Cl. The summed E-state index contributed by atoms with van der Waals surface area (Å²) in [5.74, 6) is 0.807. The van der Waals surface area contributed by atoms with Crippen LogP contribution in [0.4, 0.5) is 5.69 Å². The van der Waals surface area contributed by atoms with Crippen molar-refractivity contribution in [1.82, 2.24) is 9.88 Å². The molecule has 1 aliphatic carbocycles. The standard InChI is InChI=1S/C28H32N4O.ClH/c1-18(33)26-16-30-27-11-8-21(20-6-7-22-14-29-15-23(22)12-20)13-25(27)28(26)31-24-9-4-19(5-10-24)17-32(2)3;/h6-8,11-13,15-16,19,24H,4-5,9-10,14,17H2,1-3H3,(H,30,31);1H. The summed E-state index contributed by atoms with van der Waals surface area (Å²) in [4.78, 5) is 23.8. The van der Waals surface area contributed by atoms with Crippen molar-refractivity contribution in [2.24, 2.45) is 10.9 Å². The minimum atomic E-state index is 0. The summed E-state index contributed by atoms with van der Waals surface area (Å²) in [6, 6.07) is 13.3. The van der Waals surface area contributed by atoms with Crippen molar-refractivity contribution in [3.05, 3.63) is 59.3 Å². The van der Waals surface area contributed by atoms with Crippen LogP contribution in [-0.2, 0) is 6.54 Å². The van der Waals surface area contributed by atoms with Gasteiger partial charge in [0.15, 0.2) is 5.78 Å². The second kappa shape index (κ2) is 10.2. The largest absolute Gasteiger partial charge is 0.381 e. The zero-order chi connectivity index (χ0) is 22.9. The molecule has 5 nitrogen and oxygen atoms in total. The molecule has 34 heavy (non-hydrogen) atoms. The van der Waals surface area contributed by atoms with Gasteiger partial charge in [0.1, 0.15) is 0 Å². The number of aromatic nitrogens is 1. The maximum absolute atomic E-state index is 12.5. The second-order valence-electron chi connectivity index (χ2n) is 9.84. The number of rotatable bonds is 6. The van der Waals surface area contributed by atoms with Crippen LogP contribution < -0.4 is 5.32 Å². The van der Waals surface area contributed by atoms with E-state index in [1.807, 2.05) is 6.21 Å². The lowest BCUT2D eigenvalue weighted by molar-refractivity contribution is 0.101. The van der Waals surface area contributed by atoms with Gasteiger partial charge in [-0.25, -0.2) is 0 Å². The van der Waals surface area contributed by atoms with Gasteiger partial charge in [-0.1, -0.05) is 18.2 Å². The first-order valence-corrected chi connectivity index (χ1v) is 12.0. The average Bonchev–Trinajstić information content (AvgIpc) is 3.27. The molecule has 0 atom stereocenters. The third kappa shape index (κ3) is 5.01. The first-order chi connectivity index (χ1) is 16.0. The summed E-state index contributed by atoms with van der Waals surface area (Å²) in [5, 5.41) is 4.79. The van der Waals surface area contributed by atoms with Gasteiger partial charge < -0.3 is 10.2 Å². The number of aliphatic imine (C=N–C) groups is 1. The molecule has 1 N–H and O–H groups in total. The molecule has 0 spiro atoms. The lowest BCUT2D eigenvalue weighted by Gasteiger charge is -2.32. The van der Waals surface area contributed by atoms with Gasteiger partial charge in [-0.15, -0.1) is 12.4 Å².